The Hall–Kier alpha value is -1.02. The normalized spacial score (nSPS) is 10.7. The van der Waals surface area contributed by atoms with Crippen LogP contribution in [0.4, 0.5) is 0 Å². The van der Waals surface area contributed by atoms with Crippen LogP contribution in [0, 0.1) is 0 Å². The summed E-state index contributed by atoms with van der Waals surface area (Å²) in [5, 5.41) is 3.92. The lowest BCUT2D eigenvalue weighted by Crippen LogP contribution is -2.40. The first kappa shape index (κ1) is 21.0. The third kappa shape index (κ3) is 6.83. The van der Waals surface area contributed by atoms with Crippen molar-refractivity contribution in [2.45, 2.75) is 13.0 Å². The lowest BCUT2D eigenvalue weighted by atomic mass is 10.2. The first-order chi connectivity index (χ1) is 9.95. The van der Waals surface area contributed by atoms with E-state index in [4.69, 9.17) is 11.6 Å². The second-order valence-electron chi connectivity index (χ2n) is 4.96. The zero-order valence-corrected chi connectivity index (χ0v) is 16.6. The molecule has 0 aliphatic heterocycles. The maximum atomic E-state index is 11.5. The van der Waals surface area contributed by atoms with Crippen LogP contribution in [0.3, 0.4) is 0 Å². The zero-order chi connectivity index (χ0) is 15.8. The summed E-state index contributed by atoms with van der Waals surface area (Å²) < 4.78 is 0. The monoisotopic (exact) mass is 438 g/mol. The van der Waals surface area contributed by atoms with E-state index in [2.05, 4.69) is 10.3 Å². The number of carbonyl (C=O) groups excluding carboxylic acids is 1. The van der Waals surface area contributed by atoms with Crippen molar-refractivity contribution >= 4 is 47.4 Å². The molecule has 0 bridgehead atoms. The van der Waals surface area contributed by atoms with Crippen molar-refractivity contribution in [3.05, 3.63) is 34.9 Å². The average molecular weight is 439 g/mol. The molecular weight excluding hydrogens is 415 g/mol. The van der Waals surface area contributed by atoms with Crippen LogP contribution in [0.5, 0.6) is 0 Å². The molecule has 0 aromatic heterocycles. The Bertz CT molecular complexity index is 508. The predicted molar refractivity (Wildman–Crippen MR) is 103 cm³/mol. The van der Waals surface area contributed by atoms with Gasteiger partial charge in [-0.25, -0.2) is 0 Å². The van der Waals surface area contributed by atoms with Gasteiger partial charge in [0.05, 0.1) is 0 Å². The van der Waals surface area contributed by atoms with Gasteiger partial charge in [0.2, 0.25) is 5.91 Å². The number of nitrogens with zero attached hydrogens (tertiary/aromatic N) is 3. The number of aliphatic imine (C=N–C) groups is 1. The molecule has 1 N–H and O–H groups in total. The van der Waals surface area contributed by atoms with Gasteiger partial charge in [-0.15, -0.1) is 24.0 Å². The molecule has 0 atom stereocenters. The van der Waals surface area contributed by atoms with Gasteiger partial charge in [0.15, 0.2) is 5.96 Å². The van der Waals surface area contributed by atoms with E-state index < -0.39 is 0 Å². The molecule has 1 aromatic carbocycles. The lowest BCUT2D eigenvalue weighted by molar-refractivity contribution is -0.128. The summed E-state index contributed by atoms with van der Waals surface area (Å²) in [6, 6.07) is 7.73. The molecule has 1 aromatic rings. The highest BCUT2D eigenvalue weighted by Crippen LogP contribution is 2.16. The van der Waals surface area contributed by atoms with Crippen LogP contribution in [0.1, 0.15) is 12.0 Å². The number of carbonyl (C=O) groups is 1. The van der Waals surface area contributed by atoms with Crippen molar-refractivity contribution in [2.75, 3.05) is 34.7 Å². The smallest absolute Gasteiger partial charge is 0.223 e. The second kappa shape index (κ2) is 10.7. The van der Waals surface area contributed by atoms with Crippen molar-refractivity contribution in [1.82, 2.24) is 15.1 Å². The van der Waals surface area contributed by atoms with E-state index in [1.165, 1.54) is 0 Å². The van der Waals surface area contributed by atoms with Crippen LogP contribution in [0.15, 0.2) is 29.3 Å². The third-order valence-electron chi connectivity index (χ3n) is 3.06. The molecule has 1 rings (SSSR count). The van der Waals surface area contributed by atoms with Crippen LogP contribution in [-0.4, -0.2) is 56.4 Å². The van der Waals surface area contributed by atoms with E-state index in [1.807, 2.05) is 36.2 Å². The topological polar surface area (TPSA) is 47.9 Å². The van der Waals surface area contributed by atoms with Gasteiger partial charge in [-0.1, -0.05) is 29.8 Å². The van der Waals surface area contributed by atoms with E-state index in [9.17, 15) is 4.79 Å². The predicted octanol–water partition coefficient (Wildman–Crippen LogP) is 2.44. The minimum atomic E-state index is 0. The zero-order valence-electron chi connectivity index (χ0n) is 13.5. The Kier molecular flexibility index (Phi) is 10.2. The first-order valence-corrected chi connectivity index (χ1v) is 7.18. The SMILES string of the molecule is CN=C(NCCC(=O)N(C)C)N(C)Cc1ccccc1Cl.I. The van der Waals surface area contributed by atoms with E-state index in [0.29, 0.717) is 19.5 Å². The highest BCUT2D eigenvalue weighted by Gasteiger charge is 2.09. The molecule has 0 saturated carbocycles. The molecule has 5 nitrogen and oxygen atoms in total. The Labute approximate surface area is 154 Å². The van der Waals surface area contributed by atoms with Crippen molar-refractivity contribution in [3.63, 3.8) is 0 Å². The Morgan fingerprint density at radius 1 is 1.27 bits per heavy atom. The summed E-state index contributed by atoms with van der Waals surface area (Å²) in [6.07, 6.45) is 0.436. The molecule has 0 saturated heterocycles. The molecule has 0 radical (unpaired) electrons. The molecular formula is C15H24ClIN4O. The van der Waals surface area contributed by atoms with E-state index >= 15 is 0 Å². The van der Waals surface area contributed by atoms with Crippen LogP contribution in [0.2, 0.25) is 5.02 Å². The number of amides is 1. The van der Waals surface area contributed by atoms with Gasteiger partial charge >= 0.3 is 0 Å². The molecule has 0 unspecified atom stereocenters. The fraction of sp³-hybridized carbons (Fsp3) is 0.467. The Morgan fingerprint density at radius 3 is 2.45 bits per heavy atom. The van der Waals surface area contributed by atoms with E-state index in [-0.39, 0.29) is 29.9 Å². The fourth-order valence-electron chi connectivity index (χ4n) is 1.85. The molecule has 7 heteroatoms. The number of rotatable bonds is 5. The van der Waals surface area contributed by atoms with E-state index in [0.717, 1.165) is 16.5 Å². The van der Waals surface area contributed by atoms with Crippen molar-refractivity contribution < 1.29 is 4.79 Å². The van der Waals surface area contributed by atoms with Gasteiger partial charge in [0, 0.05) is 52.7 Å². The van der Waals surface area contributed by atoms with Crippen LogP contribution in [0.25, 0.3) is 0 Å². The fourth-order valence-corrected chi connectivity index (χ4v) is 2.04. The third-order valence-corrected chi connectivity index (χ3v) is 3.43. The number of nitrogens with one attached hydrogen (secondary N) is 1. The summed E-state index contributed by atoms with van der Waals surface area (Å²) in [5.41, 5.74) is 1.04. The molecule has 0 aliphatic rings. The van der Waals surface area contributed by atoms with Gasteiger partial charge in [-0.3, -0.25) is 9.79 Å². The molecule has 124 valence electrons. The minimum Gasteiger partial charge on any atom is -0.356 e. The number of halogens is 2. The molecule has 1 amide bonds. The quantitative estimate of drug-likeness (QED) is 0.436. The van der Waals surface area contributed by atoms with Crippen molar-refractivity contribution in [3.8, 4) is 0 Å². The Morgan fingerprint density at radius 2 is 1.91 bits per heavy atom. The van der Waals surface area contributed by atoms with Crippen molar-refractivity contribution in [1.29, 1.82) is 0 Å². The molecule has 0 heterocycles. The number of hydrogen-bond acceptors (Lipinski definition) is 2. The largest absolute Gasteiger partial charge is 0.356 e. The molecule has 0 spiro atoms. The highest BCUT2D eigenvalue weighted by atomic mass is 127. The first-order valence-electron chi connectivity index (χ1n) is 6.81. The average Bonchev–Trinajstić information content (AvgIpc) is 2.45. The van der Waals surface area contributed by atoms with Crippen LogP contribution < -0.4 is 5.32 Å². The van der Waals surface area contributed by atoms with Crippen molar-refractivity contribution in [2.24, 2.45) is 4.99 Å². The van der Waals surface area contributed by atoms with Gasteiger partial charge in [-0.05, 0) is 11.6 Å². The van der Waals surface area contributed by atoms with Crippen LogP contribution in [-0.2, 0) is 11.3 Å². The van der Waals surface area contributed by atoms with Gasteiger partial charge in [-0.2, -0.15) is 0 Å². The number of benzene rings is 1. The molecule has 0 aliphatic carbocycles. The number of guanidine groups is 1. The highest BCUT2D eigenvalue weighted by molar-refractivity contribution is 14.0. The maximum absolute atomic E-state index is 11.5. The summed E-state index contributed by atoms with van der Waals surface area (Å²) in [7, 11) is 7.16. The summed E-state index contributed by atoms with van der Waals surface area (Å²) in [4.78, 5) is 19.3. The summed E-state index contributed by atoms with van der Waals surface area (Å²) in [5.74, 6) is 0.827. The van der Waals surface area contributed by atoms with Gasteiger partial charge in [0.25, 0.3) is 0 Å². The minimum absolute atomic E-state index is 0. The lowest BCUT2D eigenvalue weighted by Gasteiger charge is -2.22. The molecule has 0 fully saturated rings. The standard InChI is InChI=1S/C15H23ClN4O.HI/c1-17-15(18-10-9-14(21)19(2)3)20(4)11-12-7-5-6-8-13(12)16;/h5-8H,9-11H2,1-4H3,(H,17,18);1H. The number of hydrogen-bond donors (Lipinski definition) is 1. The molecule has 22 heavy (non-hydrogen) atoms. The van der Waals surface area contributed by atoms with Gasteiger partial charge < -0.3 is 15.1 Å². The Balaban J connectivity index is 0.00000441. The summed E-state index contributed by atoms with van der Waals surface area (Å²) >= 11 is 6.16. The summed E-state index contributed by atoms with van der Waals surface area (Å²) in [6.45, 7) is 1.21. The second-order valence-corrected chi connectivity index (χ2v) is 5.37. The van der Waals surface area contributed by atoms with Gasteiger partial charge in [0.1, 0.15) is 0 Å². The van der Waals surface area contributed by atoms with Crippen LogP contribution >= 0.6 is 35.6 Å². The maximum Gasteiger partial charge on any atom is 0.223 e. The van der Waals surface area contributed by atoms with E-state index in [1.54, 1.807) is 26.0 Å².